The monoisotopic (exact) mass is 580 g/mol. The maximum Gasteiger partial charge on any atom is 0.251 e. The number of halogens is 1. The molecule has 0 atom stereocenters. The molecule has 0 saturated heterocycles. The summed E-state index contributed by atoms with van der Waals surface area (Å²) in [5, 5.41) is 3.69. The lowest BCUT2D eigenvalue weighted by Gasteiger charge is -2.24. The van der Waals surface area contributed by atoms with Gasteiger partial charge in [-0.1, -0.05) is 79.2 Å². The number of aromatic nitrogens is 1. The average Bonchev–Trinajstić information content (AvgIpc) is 2.99. The Morgan fingerprint density at radius 1 is 0.976 bits per heavy atom. The summed E-state index contributed by atoms with van der Waals surface area (Å²) >= 11 is 6.23. The number of nitrogen functional groups attached to an aromatic ring is 1. The van der Waals surface area contributed by atoms with Gasteiger partial charge in [0.05, 0.1) is 6.54 Å². The molecule has 1 amide bonds. The van der Waals surface area contributed by atoms with Gasteiger partial charge in [-0.3, -0.25) is 9.59 Å². The number of carbonyl (C=O) groups excluding carboxylic acids is 1. The second-order valence-corrected chi connectivity index (χ2v) is 10.5. The molecule has 1 heterocycles. The lowest BCUT2D eigenvalue weighted by Crippen LogP contribution is -2.27. The van der Waals surface area contributed by atoms with Crippen LogP contribution in [0.5, 0.6) is 0 Å². The minimum absolute atomic E-state index is 0.0204. The van der Waals surface area contributed by atoms with Crippen molar-refractivity contribution in [3.05, 3.63) is 141 Å². The van der Waals surface area contributed by atoms with Crippen molar-refractivity contribution < 1.29 is 4.79 Å². The number of nitrogens with one attached hydrogen (secondary N) is 1. The summed E-state index contributed by atoms with van der Waals surface area (Å²) in [7, 11) is 2.02. The molecule has 0 aliphatic rings. The molecule has 0 aliphatic heterocycles. The lowest BCUT2D eigenvalue weighted by molar-refractivity contribution is -0.115. The van der Waals surface area contributed by atoms with E-state index in [2.05, 4.69) is 28.4 Å². The van der Waals surface area contributed by atoms with Crippen LogP contribution in [0.3, 0.4) is 0 Å². The molecule has 42 heavy (non-hydrogen) atoms. The van der Waals surface area contributed by atoms with Crippen LogP contribution in [0.1, 0.15) is 42.5 Å². The molecule has 3 N–H and O–H groups in total. The number of nitrogens with zero attached hydrogens (tertiary/aromatic N) is 2. The third kappa shape index (κ3) is 7.59. The van der Waals surface area contributed by atoms with Gasteiger partial charge < -0.3 is 20.5 Å². The molecule has 6 nitrogen and oxygen atoms in total. The van der Waals surface area contributed by atoms with E-state index in [9.17, 15) is 9.59 Å². The van der Waals surface area contributed by atoms with Crippen molar-refractivity contribution >= 4 is 40.0 Å². The van der Waals surface area contributed by atoms with Gasteiger partial charge in [0.15, 0.2) is 0 Å². The summed E-state index contributed by atoms with van der Waals surface area (Å²) in [6.07, 6.45) is 6.50. The predicted octanol–water partition coefficient (Wildman–Crippen LogP) is 6.78. The number of hydrogen-bond acceptors (Lipinski definition) is 4. The Hall–Kier alpha value is -4.55. The Morgan fingerprint density at radius 3 is 2.40 bits per heavy atom. The number of benzene rings is 3. The van der Waals surface area contributed by atoms with Gasteiger partial charge in [-0.25, -0.2) is 0 Å². The summed E-state index contributed by atoms with van der Waals surface area (Å²) in [6.45, 7) is 5.43. The summed E-state index contributed by atoms with van der Waals surface area (Å²) in [5.74, 6) is -0.165. The molecule has 0 fully saturated rings. The van der Waals surface area contributed by atoms with Crippen LogP contribution in [0, 0.1) is 0 Å². The van der Waals surface area contributed by atoms with E-state index in [1.807, 2.05) is 75.5 Å². The molecular formula is C35H37ClN4O2. The number of amides is 1. The van der Waals surface area contributed by atoms with Crippen molar-refractivity contribution in [1.82, 2.24) is 9.88 Å². The van der Waals surface area contributed by atoms with Crippen LogP contribution >= 0.6 is 11.6 Å². The minimum atomic E-state index is -0.165. The smallest absolute Gasteiger partial charge is 0.251 e. The van der Waals surface area contributed by atoms with Crippen LogP contribution in [0.2, 0.25) is 5.02 Å². The number of hydrogen-bond donors (Lipinski definition) is 2. The molecule has 3 aromatic carbocycles. The van der Waals surface area contributed by atoms with E-state index in [0.29, 0.717) is 35.9 Å². The number of rotatable bonds is 11. The lowest BCUT2D eigenvalue weighted by atomic mass is 10.00. The largest absolute Gasteiger partial charge is 0.398 e. The molecule has 4 aromatic rings. The van der Waals surface area contributed by atoms with Crippen LogP contribution in [0.25, 0.3) is 11.1 Å². The maximum atomic E-state index is 13.5. The van der Waals surface area contributed by atoms with Gasteiger partial charge >= 0.3 is 0 Å². The van der Waals surface area contributed by atoms with E-state index in [4.69, 9.17) is 17.3 Å². The van der Waals surface area contributed by atoms with Crippen molar-refractivity contribution in [3.63, 3.8) is 0 Å². The van der Waals surface area contributed by atoms with Crippen LogP contribution in [-0.4, -0.2) is 24.1 Å². The molecule has 0 spiro atoms. The Bertz CT molecular complexity index is 1650. The standard InChI is InChI=1S/C35H37ClN4O2/c1-4-10-27(31-21-28(36)18-19-32(31)37)22-38-35(42)29(5-2)30-11-6-7-12-33(30)39(3)23-25-14-16-26(17-15-25)24-40-20-9-8-13-34(40)41/h5-21H,4,22-24,37H2,1-3H3,(H,38,42)/b27-10+,29-5+. The average molecular weight is 581 g/mol. The van der Waals surface area contributed by atoms with Crippen LogP contribution < -0.4 is 21.5 Å². The number of pyridine rings is 1. The van der Waals surface area contributed by atoms with Gasteiger partial charge in [0.25, 0.3) is 11.5 Å². The highest BCUT2D eigenvalue weighted by Gasteiger charge is 2.18. The highest BCUT2D eigenvalue weighted by Crippen LogP contribution is 2.29. The van der Waals surface area contributed by atoms with Gasteiger partial charge in [-0.15, -0.1) is 0 Å². The summed E-state index contributed by atoms with van der Waals surface area (Å²) in [6, 6.07) is 26.7. The van der Waals surface area contributed by atoms with E-state index in [0.717, 1.165) is 39.9 Å². The maximum absolute atomic E-state index is 13.5. The Morgan fingerprint density at radius 2 is 1.69 bits per heavy atom. The van der Waals surface area contributed by atoms with E-state index < -0.39 is 0 Å². The molecule has 0 radical (unpaired) electrons. The molecule has 0 unspecified atom stereocenters. The molecular weight excluding hydrogens is 544 g/mol. The second-order valence-electron chi connectivity index (χ2n) is 10.1. The highest BCUT2D eigenvalue weighted by molar-refractivity contribution is 6.30. The first-order valence-corrected chi connectivity index (χ1v) is 14.4. The van der Waals surface area contributed by atoms with Crippen molar-refractivity contribution in [1.29, 1.82) is 0 Å². The minimum Gasteiger partial charge on any atom is -0.398 e. The van der Waals surface area contributed by atoms with E-state index in [1.165, 1.54) is 0 Å². The molecule has 0 saturated carbocycles. The van der Waals surface area contributed by atoms with E-state index >= 15 is 0 Å². The van der Waals surface area contributed by atoms with E-state index in [-0.39, 0.29) is 11.5 Å². The number of allylic oxidation sites excluding steroid dienone is 2. The summed E-state index contributed by atoms with van der Waals surface area (Å²) in [5.41, 5.74) is 13.1. The topological polar surface area (TPSA) is 80.4 Å². The quantitative estimate of drug-likeness (QED) is 0.151. The van der Waals surface area contributed by atoms with Crippen LogP contribution in [0.4, 0.5) is 11.4 Å². The molecule has 7 heteroatoms. The van der Waals surface area contributed by atoms with Gasteiger partial charge in [0.2, 0.25) is 0 Å². The Balaban J connectivity index is 1.47. The fourth-order valence-corrected chi connectivity index (χ4v) is 5.11. The highest BCUT2D eigenvalue weighted by atomic mass is 35.5. The summed E-state index contributed by atoms with van der Waals surface area (Å²) in [4.78, 5) is 27.7. The first-order chi connectivity index (χ1) is 20.3. The number of anilines is 2. The van der Waals surface area contributed by atoms with Crippen molar-refractivity contribution in [3.8, 4) is 0 Å². The molecule has 0 bridgehead atoms. The first-order valence-electron chi connectivity index (χ1n) is 14.0. The Kier molecular flexibility index (Phi) is 10.4. The molecule has 4 rings (SSSR count). The van der Waals surface area contributed by atoms with Crippen molar-refractivity contribution in [2.45, 2.75) is 33.4 Å². The molecule has 0 aliphatic carbocycles. The zero-order valence-corrected chi connectivity index (χ0v) is 25.1. The van der Waals surface area contributed by atoms with Gasteiger partial charge in [-0.05, 0) is 60.4 Å². The first kappa shape index (κ1) is 30.4. The third-order valence-electron chi connectivity index (χ3n) is 7.08. The fraction of sp³-hybridized carbons (Fsp3) is 0.200. The zero-order chi connectivity index (χ0) is 30.1. The second kappa shape index (κ2) is 14.4. The molecule has 1 aromatic heterocycles. The number of carbonyl (C=O) groups is 1. The molecule has 216 valence electrons. The van der Waals surface area contributed by atoms with Crippen molar-refractivity contribution in [2.24, 2.45) is 0 Å². The van der Waals surface area contributed by atoms with Gasteiger partial charge in [-0.2, -0.15) is 0 Å². The van der Waals surface area contributed by atoms with Crippen molar-refractivity contribution in [2.75, 3.05) is 24.2 Å². The van der Waals surface area contributed by atoms with Gasteiger partial charge in [0.1, 0.15) is 0 Å². The predicted molar refractivity (Wildman–Crippen MR) is 176 cm³/mol. The SMILES string of the molecule is C/C=C(/C(=O)NC/C(=C\CC)c1cc(Cl)ccc1N)c1ccccc1N(C)Cc1ccc(Cn2ccccc2=O)cc1. The Labute approximate surface area is 252 Å². The normalized spacial score (nSPS) is 11.8. The van der Waals surface area contributed by atoms with Crippen LogP contribution in [-0.2, 0) is 17.9 Å². The summed E-state index contributed by atoms with van der Waals surface area (Å²) < 4.78 is 1.69. The number of para-hydroxylation sites is 1. The zero-order valence-electron chi connectivity index (χ0n) is 24.3. The third-order valence-corrected chi connectivity index (χ3v) is 7.32. The van der Waals surface area contributed by atoms with E-state index in [1.54, 1.807) is 35.0 Å². The van der Waals surface area contributed by atoms with Gasteiger partial charge in [0, 0.05) is 65.5 Å². The van der Waals surface area contributed by atoms with Crippen LogP contribution in [0.15, 0.2) is 108 Å². The fourth-order valence-electron chi connectivity index (χ4n) is 4.94. The number of nitrogens with two attached hydrogens (primary N) is 1.